The van der Waals surface area contributed by atoms with E-state index in [0.29, 0.717) is 5.92 Å². The second kappa shape index (κ2) is 7.28. The molecule has 0 bridgehead atoms. The summed E-state index contributed by atoms with van der Waals surface area (Å²) in [5, 5.41) is 1.19. The number of nitrogens with one attached hydrogen (secondary N) is 1. The predicted octanol–water partition coefficient (Wildman–Crippen LogP) is 6.44. The Kier molecular flexibility index (Phi) is 4.49. The average molecular weight is 430 g/mol. The summed E-state index contributed by atoms with van der Waals surface area (Å²) in [7, 11) is 0. The highest BCUT2D eigenvalue weighted by Gasteiger charge is 2.11. The number of hydrogen-bond acceptors (Lipinski definition) is 1. The van der Waals surface area contributed by atoms with E-state index in [4.69, 9.17) is 0 Å². The van der Waals surface area contributed by atoms with Gasteiger partial charge in [0.15, 0.2) is 0 Å². The smallest absolute Gasteiger partial charge is 0.0954 e. The van der Waals surface area contributed by atoms with E-state index in [1.165, 1.54) is 16.5 Å². The maximum atomic E-state index is 4.39. The summed E-state index contributed by atoms with van der Waals surface area (Å²) in [6.45, 7) is 0.801. The highest BCUT2D eigenvalue weighted by atomic mass is 79.9. The van der Waals surface area contributed by atoms with Crippen molar-refractivity contribution in [2.75, 3.05) is 0 Å². The Bertz CT molecular complexity index is 1180. The molecule has 2 heterocycles. The molecule has 2 aromatic carbocycles. The molecule has 4 heteroatoms. The van der Waals surface area contributed by atoms with Crippen molar-refractivity contribution in [2.45, 2.75) is 18.9 Å². The maximum Gasteiger partial charge on any atom is 0.0954 e. The number of aromatic amines is 1. The second-order valence-corrected chi connectivity index (χ2v) is 8.13. The minimum absolute atomic E-state index is 0.494. The second-order valence-electron chi connectivity index (χ2n) is 7.22. The zero-order chi connectivity index (χ0) is 18.9. The molecule has 0 aliphatic heterocycles. The van der Waals surface area contributed by atoms with Gasteiger partial charge in [-0.15, -0.1) is 0 Å². The molecule has 1 unspecified atom stereocenters. The minimum Gasteiger partial charge on any atom is -0.353 e. The molecule has 138 valence electrons. The average Bonchev–Trinajstić information content (AvgIpc) is 3.35. The van der Waals surface area contributed by atoms with Gasteiger partial charge in [0.2, 0.25) is 0 Å². The van der Waals surface area contributed by atoms with Crippen molar-refractivity contribution in [3.8, 4) is 11.4 Å². The SMILES string of the molecule is Brc1ccc2[nH]c(-c3cncn3Cc3ccc(C4C=CC=CC4)cc3)cc2c1. The Balaban J connectivity index is 1.40. The molecular weight excluding hydrogens is 410 g/mol. The van der Waals surface area contributed by atoms with Crippen LogP contribution in [0.15, 0.2) is 89.8 Å². The van der Waals surface area contributed by atoms with Gasteiger partial charge in [-0.3, -0.25) is 0 Å². The van der Waals surface area contributed by atoms with Crippen molar-refractivity contribution >= 4 is 26.8 Å². The maximum absolute atomic E-state index is 4.39. The van der Waals surface area contributed by atoms with E-state index in [1.54, 1.807) is 0 Å². The lowest BCUT2D eigenvalue weighted by atomic mass is 9.92. The van der Waals surface area contributed by atoms with Crippen LogP contribution < -0.4 is 0 Å². The van der Waals surface area contributed by atoms with Gasteiger partial charge in [-0.2, -0.15) is 0 Å². The lowest BCUT2D eigenvalue weighted by Crippen LogP contribution is -2.01. The number of H-pyrrole nitrogens is 1. The fourth-order valence-electron chi connectivity index (χ4n) is 3.81. The molecule has 2 aromatic heterocycles. The van der Waals surface area contributed by atoms with Gasteiger partial charge in [-0.25, -0.2) is 4.98 Å². The summed E-state index contributed by atoms with van der Waals surface area (Å²) < 4.78 is 3.28. The third kappa shape index (κ3) is 3.36. The largest absolute Gasteiger partial charge is 0.353 e. The van der Waals surface area contributed by atoms with E-state index in [-0.39, 0.29) is 0 Å². The minimum atomic E-state index is 0.494. The van der Waals surface area contributed by atoms with Crippen LogP contribution in [0.25, 0.3) is 22.3 Å². The molecule has 1 aliphatic carbocycles. The summed E-state index contributed by atoms with van der Waals surface area (Å²) in [5.41, 5.74) is 5.96. The molecule has 3 nitrogen and oxygen atoms in total. The summed E-state index contributed by atoms with van der Waals surface area (Å²) in [5.74, 6) is 0.494. The number of fused-ring (bicyclic) bond motifs is 1. The number of imidazole rings is 1. The van der Waals surface area contributed by atoms with Crippen LogP contribution in [0.1, 0.15) is 23.5 Å². The molecule has 4 aromatic rings. The van der Waals surface area contributed by atoms with Crippen molar-refractivity contribution < 1.29 is 0 Å². The van der Waals surface area contributed by atoms with Crippen LogP contribution in [0.5, 0.6) is 0 Å². The molecule has 1 N–H and O–H groups in total. The molecular formula is C24H20BrN3. The first-order valence-electron chi connectivity index (χ1n) is 9.47. The molecule has 0 saturated heterocycles. The Hall–Kier alpha value is -2.85. The number of aromatic nitrogens is 3. The number of halogens is 1. The molecule has 5 rings (SSSR count). The Morgan fingerprint density at radius 2 is 1.96 bits per heavy atom. The van der Waals surface area contributed by atoms with Gasteiger partial charge in [0.05, 0.1) is 23.9 Å². The number of rotatable bonds is 4. The van der Waals surface area contributed by atoms with E-state index in [1.807, 2.05) is 12.5 Å². The third-order valence-corrected chi connectivity index (χ3v) is 5.81. The van der Waals surface area contributed by atoms with Crippen LogP contribution in [0, 0.1) is 0 Å². The number of nitrogens with zero attached hydrogens (tertiary/aromatic N) is 2. The van der Waals surface area contributed by atoms with Crippen LogP contribution in [-0.2, 0) is 6.54 Å². The van der Waals surface area contributed by atoms with Crippen LogP contribution in [0.2, 0.25) is 0 Å². The van der Waals surface area contributed by atoms with Gasteiger partial charge in [-0.1, -0.05) is 64.5 Å². The molecule has 1 atom stereocenters. The van der Waals surface area contributed by atoms with Gasteiger partial charge < -0.3 is 9.55 Å². The molecule has 28 heavy (non-hydrogen) atoms. The molecule has 0 spiro atoms. The molecule has 0 fully saturated rings. The molecule has 1 aliphatic rings. The van der Waals surface area contributed by atoms with Gasteiger partial charge in [0, 0.05) is 27.8 Å². The number of benzene rings is 2. The van der Waals surface area contributed by atoms with Crippen molar-refractivity contribution in [1.29, 1.82) is 0 Å². The van der Waals surface area contributed by atoms with Gasteiger partial charge in [0.1, 0.15) is 0 Å². The van der Waals surface area contributed by atoms with Crippen molar-refractivity contribution in [1.82, 2.24) is 14.5 Å². The first-order chi connectivity index (χ1) is 13.8. The molecule has 0 saturated carbocycles. The zero-order valence-corrected chi connectivity index (χ0v) is 16.9. The molecule has 0 amide bonds. The van der Waals surface area contributed by atoms with Crippen LogP contribution >= 0.6 is 15.9 Å². The summed E-state index contributed by atoms with van der Waals surface area (Å²) in [6, 6.07) is 17.4. The summed E-state index contributed by atoms with van der Waals surface area (Å²) in [6.07, 6.45) is 13.7. The fraction of sp³-hybridized carbons (Fsp3) is 0.125. The Labute approximate surface area is 172 Å². The van der Waals surface area contributed by atoms with Crippen molar-refractivity contribution in [2.24, 2.45) is 0 Å². The quantitative estimate of drug-likeness (QED) is 0.397. The lowest BCUT2D eigenvalue weighted by Gasteiger charge is -2.14. The van der Waals surface area contributed by atoms with E-state index in [2.05, 4.69) is 103 Å². The first kappa shape index (κ1) is 17.3. The Morgan fingerprint density at radius 3 is 2.79 bits per heavy atom. The van der Waals surface area contributed by atoms with Crippen molar-refractivity contribution in [3.63, 3.8) is 0 Å². The van der Waals surface area contributed by atoms with Gasteiger partial charge >= 0.3 is 0 Å². The number of hydrogen-bond donors (Lipinski definition) is 1. The van der Waals surface area contributed by atoms with Gasteiger partial charge in [0.25, 0.3) is 0 Å². The van der Waals surface area contributed by atoms with Gasteiger partial charge in [-0.05, 0) is 41.8 Å². The highest BCUT2D eigenvalue weighted by Crippen LogP contribution is 2.28. The van der Waals surface area contributed by atoms with Crippen molar-refractivity contribution in [3.05, 3.63) is 101 Å². The standard InChI is InChI=1S/C24H20BrN3/c25-21-10-11-22-20(12-21)13-23(27-22)24-14-26-16-28(24)15-17-6-8-19(9-7-17)18-4-2-1-3-5-18/h1-4,6-14,16,18,27H,5,15H2. The van der Waals surface area contributed by atoms with E-state index in [9.17, 15) is 0 Å². The van der Waals surface area contributed by atoms with Crippen LogP contribution in [0.3, 0.4) is 0 Å². The van der Waals surface area contributed by atoms with Crippen LogP contribution in [0.4, 0.5) is 0 Å². The topological polar surface area (TPSA) is 33.6 Å². The summed E-state index contributed by atoms with van der Waals surface area (Å²) >= 11 is 3.54. The third-order valence-electron chi connectivity index (χ3n) is 5.31. The van der Waals surface area contributed by atoms with E-state index >= 15 is 0 Å². The zero-order valence-electron chi connectivity index (χ0n) is 15.3. The fourth-order valence-corrected chi connectivity index (χ4v) is 4.19. The highest BCUT2D eigenvalue weighted by molar-refractivity contribution is 9.10. The Morgan fingerprint density at radius 1 is 1.07 bits per heavy atom. The molecule has 0 radical (unpaired) electrons. The first-order valence-corrected chi connectivity index (χ1v) is 10.3. The monoisotopic (exact) mass is 429 g/mol. The van der Waals surface area contributed by atoms with E-state index < -0.39 is 0 Å². The van der Waals surface area contributed by atoms with E-state index in [0.717, 1.165) is 34.3 Å². The predicted molar refractivity (Wildman–Crippen MR) is 118 cm³/mol. The number of allylic oxidation sites excluding steroid dienone is 4. The van der Waals surface area contributed by atoms with Crippen LogP contribution in [-0.4, -0.2) is 14.5 Å². The normalized spacial score (nSPS) is 16.1. The lowest BCUT2D eigenvalue weighted by molar-refractivity contribution is 0.799. The summed E-state index contributed by atoms with van der Waals surface area (Å²) in [4.78, 5) is 7.90.